The van der Waals surface area contributed by atoms with Gasteiger partial charge in [-0.2, -0.15) is 0 Å². The SMILES string of the molecule is CN1CCN([C@H](Cc2ccc(Cl)cc2)C(=O)O)CC1. The van der Waals surface area contributed by atoms with Gasteiger partial charge in [-0.3, -0.25) is 9.69 Å². The normalized spacial score (nSPS) is 19.3. The molecule has 0 amide bonds. The maximum Gasteiger partial charge on any atom is 0.321 e. The van der Waals surface area contributed by atoms with Crippen LogP contribution in [0.25, 0.3) is 0 Å². The largest absolute Gasteiger partial charge is 0.480 e. The monoisotopic (exact) mass is 282 g/mol. The molecule has 1 N–H and O–H groups in total. The summed E-state index contributed by atoms with van der Waals surface area (Å²) in [6.07, 6.45) is 0.524. The van der Waals surface area contributed by atoms with E-state index in [2.05, 4.69) is 16.8 Å². The van der Waals surface area contributed by atoms with Gasteiger partial charge in [-0.05, 0) is 31.2 Å². The van der Waals surface area contributed by atoms with Crippen LogP contribution in [0.2, 0.25) is 5.02 Å². The summed E-state index contributed by atoms with van der Waals surface area (Å²) in [7, 11) is 2.06. The summed E-state index contributed by atoms with van der Waals surface area (Å²) in [5.41, 5.74) is 1.01. The molecule has 0 aliphatic carbocycles. The highest BCUT2D eigenvalue weighted by atomic mass is 35.5. The standard InChI is InChI=1S/C14H19ClN2O2/c1-16-6-8-17(9-7-16)13(14(18)19)10-11-2-4-12(15)5-3-11/h2-5,13H,6-10H2,1H3,(H,18,19)/t13-/m1/s1. The number of benzene rings is 1. The fourth-order valence-corrected chi connectivity index (χ4v) is 2.48. The molecular formula is C14H19ClN2O2. The molecule has 104 valence electrons. The lowest BCUT2D eigenvalue weighted by atomic mass is 10.0. The minimum absolute atomic E-state index is 0.449. The van der Waals surface area contributed by atoms with E-state index in [0.717, 1.165) is 31.7 Å². The van der Waals surface area contributed by atoms with Gasteiger partial charge in [0, 0.05) is 31.2 Å². The molecule has 1 saturated heterocycles. The van der Waals surface area contributed by atoms with Crippen LogP contribution in [-0.2, 0) is 11.2 Å². The van der Waals surface area contributed by atoms with Gasteiger partial charge in [-0.15, -0.1) is 0 Å². The molecule has 0 radical (unpaired) electrons. The molecule has 1 atom stereocenters. The fourth-order valence-electron chi connectivity index (χ4n) is 2.35. The predicted octanol–water partition coefficient (Wildman–Crippen LogP) is 1.58. The van der Waals surface area contributed by atoms with Crippen molar-refractivity contribution in [3.63, 3.8) is 0 Å². The van der Waals surface area contributed by atoms with Crippen molar-refractivity contribution in [3.05, 3.63) is 34.9 Å². The highest BCUT2D eigenvalue weighted by Crippen LogP contribution is 2.15. The molecular weight excluding hydrogens is 264 g/mol. The van der Waals surface area contributed by atoms with Crippen LogP contribution in [0.5, 0.6) is 0 Å². The number of carboxylic acid groups (broad SMARTS) is 1. The van der Waals surface area contributed by atoms with Crippen molar-refractivity contribution in [2.24, 2.45) is 0 Å². The maximum atomic E-state index is 11.5. The highest BCUT2D eigenvalue weighted by Gasteiger charge is 2.28. The molecule has 0 aromatic heterocycles. The molecule has 1 aromatic carbocycles. The second-order valence-corrected chi connectivity index (χ2v) is 5.46. The first-order valence-electron chi connectivity index (χ1n) is 6.46. The quantitative estimate of drug-likeness (QED) is 0.911. The zero-order valence-electron chi connectivity index (χ0n) is 11.1. The molecule has 1 aliphatic heterocycles. The molecule has 4 nitrogen and oxygen atoms in total. The van der Waals surface area contributed by atoms with Gasteiger partial charge < -0.3 is 10.0 Å². The van der Waals surface area contributed by atoms with Crippen LogP contribution >= 0.6 is 11.6 Å². The maximum absolute atomic E-state index is 11.5. The van der Waals surface area contributed by atoms with Crippen molar-refractivity contribution >= 4 is 17.6 Å². The average Bonchev–Trinajstić information content (AvgIpc) is 2.39. The van der Waals surface area contributed by atoms with Crippen molar-refractivity contribution in [2.45, 2.75) is 12.5 Å². The van der Waals surface area contributed by atoms with Crippen molar-refractivity contribution in [3.8, 4) is 0 Å². The summed E-state index contributed by atoms with van der Waals surface area (Å²) in [6.45, 7) is 3.46. The highest BCUT2D eigenvalue weighted by molar-refractivity contribution is 6.30. The van der Waals surface area contributed by atoms with Crippen LogP contribution in [0.3, 0.4) is 0 Å². The first-order valence-corrected chi connectivity index (χ1v) is 6.84. The minimum Gasteiger partial charge on any atom is -0.480 e. The Morgan fingerprint density at radius 2 is 1.84 bits per heavy atom. The van der Waals surface area contributed by atoms with E-state index in [9.17, 15) is 9.90 Å². The molecule has 0 spiro atoms. The molecule has 5 heteroatoms. The molecule has 0 bridgehead atoms. The van der Waals surface area contributed by atoms with Crippen LogP contribution in [0.4, 0.5) is 0 Å². The number of rotatable bonds is 4. The molecule has 1 aromatic rings. The Balaban J connectivity index is 2.04. The average molecular weight is 283 g/mol. The number of carboxylic acids is 1. The first-order chi connectivity index (χ1) is 9.06. The summed E-state index contributed by atoms with van der Waals surface area (Å²) in [6, 6.07) is 6.96. The number of piperazine rings is 1. The molecule has 19 heavy (non-hydrogen) atoms. The topological polar surface area (TPSA) is 43.8 Å². The Bertz CT molecular complexity index is 428. The van der Waals surface area contributed by atoms with Crippen molar-refractivity contribution in [2.75, 3.05) is 33.2 Å². The van der Waals surface area contributed by atoms with E-state index in [1.807, 2.05) is 12.1 Å². The van der Waals surface area contributed by atoms with Crippen LogP contribution in [0.15, 0.2) is 24.3 Å². The lowest BCUT2D eigenvalue weighted by molar-refractivity contribution is -0.144. The third-order valence-corrected chi connectivity index (χ3v) is 3.86. The predicted molar refractivity (Wildman–Crippen MR) is 75.6 cm³/mol. The van der Waals surface area contributed by atoms with Crippen molar-refractivity contribution < 1.29 is 9.90 Å². The molecule has 1 aliphatic rings. The van der Waals surface area contributed by atoms with Gasteiger partial charge in [0.2, 0.25) is 0 Å². The second kappa shape index (κ2) is 6.37. The van der Waals surface area contributed by atoms with E-state index in [1.165, 1.54) is 0 Å². The lowest BCUT2D eigenvalue weighted by Gasteiger charge is -2.36. The van der Waals surface area contributed by atoms with E-state index in [1.54, 1.807) is 12.1 Å². The van der Waals surface area contributed by atoms with Gasteiger partial charge in [-0.25, -0.2) is 0 Å². The Kier molecular flexibility index (Phi) is 4.80. The lowest BCUT2D eigenvalue weighted by Crippen LogP contribution is -2.52. The molecule has 0 saturated carbocycles. The smallest absolute Gasteiger partial charge is 0.321 e. The Morgan fingerprint density at radius 1 is 1.26 bits per heavy atom. The Labute approximate surface area is 118 Å². The second-order valence-electron chi connectivity index (χ2n) is 5.02. The van der Waals surface area contributed by atoms with Gasteiger partial charge in [0.1, 0.15) is 6.04 Å². The van der Waals surface area contributed by atoms with Gasteiger partial charge in [0.15, 0.2) is 0 Å². The number of hydrogen-bond donors (Lipinski definition) is 1. The molecule has 0 unspecified atom stereocenters. The summed E-state index contributed by atoms with van der Waals surface area (Å²) in [5, 5.41) is 10.1. The molecule has 1 fully saturated rings. The minimum atomic E-state index is -0.750. The number of halogens is 1. The number of carbonyl (C=O) groups is 1. The van der Waals surface area contributed by atoms with E-state index in [4.69, 9.17) is 11.6 Å². The van der Waals surface area contributed by atoms with Crippen molar-refractivity contribution in [1.29, 1.82) is 0 Å². The number of hydrogen-bond acceptors (Lipinski definition) is 3. The molecule has 1 heterocycles. The van der Waals surface area contributed by atoms with Crippen LogP contribution in [0.1, 0.15) is 5.56 Å². The van der Waals surface area contributed by atoms with E-state index in [-0.39, 0.29) is 0 Å². The van der Waals surface area contributed by atoms with Crippen LogP contribution in [-0.4, -0.2) is 60.1 Å². The Morgan fingerprint density at radius 3 is 2.37 bits per heavy atom. The first kappa shape index (κ1) is 14.3. The summed E-state index contributed by atoms with van der Waals surface area (Å²) in [5.74, 6) is -0.750. The van der Waals surface area contributed by atoms with Gasteiger partial charge >= 0.3 is 5.97 Å². The van der Waals surface area contributed by atoms with Gasteiger partial charge in [0.25, 0.3) is 0 Å². The van der Waals surface area contributed by atoms with Crippen LogP contribution in [0, 0.1) is 0 Å². The Hall–Kier alpha value is -1.10. The third kappa shape index (κ3) is 3.93. The van der Waals surface area contributed by atoms with Crippen molar-refractivity contribution in [1.82, 2.24) is 9.80 Å². The van der Waals surface area contributed by atoms with Gasteiger partial charge in [-0.1, -0.05) is 23.7 Å². The van der Waals surface area contributed by atoms with Crippen LogP contribution < -0.4 is 0 Å². The number of likely N-dealkylation sites (N-methyl/N-ethyl adjacent to an activating group) is 1. The fraction of sp³-hybridized carbons (Fsp3) is 0.500. The van der Waals surface area contributed by atoms with E-state index < -0.39 is 12.0 Å². The number of nitrogens with zero attached hydrogens (tertiary/aromatic N) is 2. The number of aliphatic carboxylic acids is 1. The summed E-state index contributed by atoms with van der Waals surface area (Å²) in [4.78, 5) is 15.7. The van der Waals surface area contributed by atoms with Gasteiger partial charge in [0.05, 0.1) is 0 Å². The summed E-state index contributed by atoms with van der Waals surface area (Å²) >= 11 is 5.84. The summed E-state index contributed by atoms with van der Waals surface area (Å²) < 4.78 is 0. The zero-order valence-corrected chi connectivity index (χ0v) is 11.8. The van der Waals surface area contributed by atoms with E-state index >= 15 is 0 Å². The zero-order chi connectivity index (χ0) is 13.8. The third-order valence-electron chi connectivity index (χ3n) is 3.61. The van der Waals surface area contributed by atoms with E-state index in [0.29, 0.717) is 11.4 Å². The molecule has 2 rings (SSSR count).